The van der Waals surface area contributed by atoms with Crippen molar-refractivity contribution < 1.29 is 9.63 Å². The van der Waals surface area contributed by atoms with Gasteiger partial charge in [-0.25, -0.2) is 0 Å². The lowest BCUT2D eigenvalue weighted by atomic mass is 10.0. The van der Waals surface area contributed by atoms with Crippen molar-refractivity contribution in [2.45, 2.75) is 26.2 Å². The number of nitrogens with two attached hydrogens (primary N) is 1. The third-order valence-corrected chi connectivity index (χ3v) is 2.46. The number of hydrogen-bond acceptors (Lipinski definition) is 3. The first-order valence-electron chi connectivity index (χ1n) is 5.18. The van der Waals surface area contributed by atoms with Gasteiger partial charge in [0.05, 0.1) is 5.92 Å². The van der Waals surface area contributed by atoms with E-state index in [-0.39, 0.29) is 11.9 Å². The summed E-state index contributed by atoms with van der Waals surface area (Å²) < 4.78 is 0. The van der Waals surface area contributed by atoms with Gasteiger partial charge in [-0.2, -0.15) is 5.90 Å². The fourth-order valence-corrected chi connectivity index (χ4v) is 1.49. The lowest BCUT2D eigenvalue weighted by Gasteiger charge is -2.07. The van der Waals surface area contributed by atoms with Crippen LogP contribution >= 0.6 is 0 Å². The molecule has 0 unspecified atom stereocenters. The van der Waals surface area contributed by atoms with Crippen molar-refractivity contribution in [2.24, 2.45) is 11.8 Å². The van der Waals surface area contributed by atoms with Crippen LogP contribution in [0.1, 0.15) is 25.3 Å². The predicted molar refractivity (Wildman–Crippen MR) is 58.8 cm³/mol. The molecule has 2 N–H and O–H groups in total. The highest BCUT2D eigenvalue weighted by molar-refractivity contribution is 5.71. The van der Waals surface area contributed by atoms with Crippen molar-refractivity contribution in [2.75, 3.05) is 0 Å². The third-order valence-electron chi connectivity index (χ3n) is 2.46. The van der Waals surface area contributed by atoms with Gasteiger partial charge in [0, 0.05) is 0 Å². The molecule has 0 amide bonds. The van der Waals surface area contributed by atoms with Gasteiger partial charge in [-0.05, 0) is 24.8 Å². The summed E-state index contributed by atoms with van der Waals surface area (Å²) in [5.41, 5.74) is 1.30. The minimum absolute atomic E-state index is 0.112. The number of benzene rings is 1. The van der Waals surface area contributed by atoms with Crippen LogP contribution in [0.4, 0.5) is 0 Å². The molecule has 15 heavy (non-hydrogen) atoms. The van der Waals surface area contributed by atoms with Crippen LogP contribution in [0.25, 0.3) is 0 Å². The molecule has 0 bridgehead atoms. The molecular weight excluding hydrogens is 190 g/mol. The second-order valence-corrected chi connectivity index (χ2v) is 3.72. The standard InChI is InChI=1S/C12H17NO2/c1-10(12(14)15-13)6-5-9-11-7-3-2-4-8-11/h2-4,7-8,10H,5-6,9,13H2,1H3/t10-/m0/s1. The molecule has 0 aliphatic rings. The average molecular weight is 207 g/mol. The van der Waals surface area contributed by atoms with Crippen LogP contribution in [0.3, 0.4) is 0 Å². The van der Waals surface area contributed by atoms with Gasteiger partial charge in [0.2, 0.25) is 0 Å². The van der Waals surface area contributed by atoms with E-state index in [0.29, 0.717) is 0 Å². The third kappa shape index (κ3) is 4.13. The fraction of sp³-hybridized carbons (Fsp3) is 0.417. The smallest absolute Gasteiger partial charge is 0.327 e. The molecule has 1 rings (SSSR count). The summed E-state index contributed by atoms with van der Waals surface area (Å²) in [4.78, 5) is 15.2. The van der Waals surface area contributed by atoms with Gasteiger partial charge < -0.3 is 4.84 Å². The molecule has 3 nitrogen and oxygen atoms in total. The Morgan fingerprint density at radius 2 is 2.07 bits per heavy atom. The second-order valence-electron chi connectivity index (χ2n) is 3.72. The highest BCUT2D eigenvalue weighted by Gasteiger charge is 2.12. The van der Waals surface area contributed by atoms with Crippen LogP contribution in [0.5, 0.6) is 0 Å². The molecule has 0 saturated heterocycles. The maximum Gasteiger partial charge on any atom is 0.327 e. The van der Waals surface area contributed by atoms with Crippen LogP contribution in [-0.4, -0.2) is 5.97 Å². The topological polar surface area (TPSA) is 52.3 Å². The fourth-order valence-electron chi connectivity index (χ4n) is 1.49. The Balaban J connectivity index is 2.25. The zero-order valence-electron chi connectivity index (χ0n) is 8.98. The van der Waals surface area contributed by atoms with Gasteiger partial charge in [0.1, 0.15) is 0 Å². The summed E-state index contributed by atoms with van der Waals surface area (Å²) in [6, 6.07) is 10.2. The molecule has 1 atom stereocenters. The Kier molecular flexibility index (Phi) is 4.84. The van der Waals surface area contributed by atoms with Gasteiger partial charge in [-0.1, -0.05) is 37.3 Å². The minimum Gasteiger partial charge on any atom is -0.373 e. The van der Waals surface area contributed by atoms with Gasteiger partial charge in [0.25, 0.3) is 0 Å². The van der Waals surface area contributed by atoms with Crippen LogP contribution in [0.15, 0.2) is 30.3 Å². The molecule has 3 heteroatoms. The number of carbonyl (C=O) groups excluding carboxylic acids is 1. The number of aryl methyl sites for hydroxylation is 1. The van der Waals surface area contributed by atoms with Crippen LogP contribution < -0.4 is 5.90 Å². The molecule has 0 aliphatic carbocycles. The van der Waals surface area contributed by atoms with Gasteiger partial charge in [0.15, 0.2) is 0 Å². The predicted octanol–water partition coefficient (Wildman–Crippen LogP) is 2.06. The number of hydrogen-bond donors (Lipinski definition) is 1. The summed E-state index contributed by atoms with van der Waals surface area (Å²) in [5, 5.41) is 0. The first-order chi connectivity index (χ1) is 7.24. The first kappa shape index (κ1) is 11.7. The summed E-state index contributed by atoms with van der Waals surface area (Å²) in [5.74, 6) is 4.36. The lowest BCUT2D eigenvalue weighted by Crippen LogP contribution is -2.18. The zero-order chi connectivity index (χ0) is 11.1. The van der Waals surface area contributed by atoms with E-state index < -0.39 is 0 Å². The van der Waals surface area contributed by atoms with Crippen LogP contribution in [-0.2, 0) is 16.1 Å². The highest BCUT2D eigenvalue weighted by Crippen LogP contribution is 2.11. The number of carbonyl (C=O) groups is 1. The molecule has 0 radical (unpaired) electrons. The van der Waals surface area contributed by atoms with Crippen LogP contribution in [0.2, 0.25) is 0 Å². The van der Waals surface area contributed by atoms with Crippen molar-refractivity contribution in [1.82, 2.24) is 0 Å². The Morgan fingerprint density at radius 1 is 1.40 bits per heavy atom. The van der Waals surface area contributed by atoms with E-state index in [9.17, 15) is 4.79 Å². The van der Waals surface area contributed by atoms with E-state index in [0.717, 1.165) is 19.3 Å². The van der Waals surface area contributed by atoms with E-state index in [2.05, 4.69) is 17.0 Å². The largest absolute Gasteiger partial charge is 0.373 e. The molecule has 0 spiro atoms. The maximum absolute atomic E-state index is 11.0. The summed E-state index contributed by atoms with van der Waals surface area (Å²) in [7, 11) is 0. The minimum atomic E-state index is -0.330. The van der Waals surface area contributed by atoms with Crippen molar-refractivity contribution in [3.63, 3.8) is 0 Å². The van der Waals surface area contributed by atoms with Crippen LogP contribution in [0, 0.1) is 5.92 Å². The molecule has 0 heterocycles. The summed E-state index contributed by atoms with van der Waals surface area (Å²) >= 11 is 0. The Bertz CT molecular complexity index is 298. The Morgan fingerprint density at radius 3 is 2.67 bits per heavy atom. The summed E-state index contributed by atoms with van der Waals surface area (Å²) in [6.45, 7) is 1.83. The first-order valence-corrected chi connectivity index (χ1v) is 5.18. The van der Waals surface area contributed by atoms with Crippen molar-refractivity contribution >= 4 is 5.97 Å². The van der Waals surface area contributed by atoms with Gasteiger partial charge >= 0.3 is 5.97 Å². The Hall–Kier alpha value is -1.35. The zero-order valence-corrected chi connectivity index (χ0v) is 8.98. The molecule has 0 fully saturated rings. The normalized spacial score (nSPS) is 12.1. The highest BCUT2D eigenvalue weighted by atomic mass is 16.7. The monoisotopic (exact) mass is 207 g/mol. The van der Waals surface area contributed by atoms with E-state index in [1.165, 1.54) is 5.56 Å². The van der Waals surface area contributed by atoms with Gasteiger partial charge in [-0.3, -0.25) is 4.79 Å². The Labute approximate surface area is 90.2 Å². The quantitative estimate of drug-likeness (QED) is 0.752. The molecular formula is C12H17NO2. The van der Waals surface area contributed by atoms with Gasteiger partial charge in [-0.15, -0.1) is 0 Å². The maximum atomic E-state index is 11.0. The summed E-state index contributed by atoms with van der Waals surface area (Å²) in [6.07, 6.45) is 2.77. The lowest BCUT2D eigenvalue weighted by molar-refractivity contribution is -0.148. The molecule has 1 aromatic rings. The SMILES string of the molecule is C[C@@H](CCCc1ccccc1)C(=O)ON. The molecule has 82 valence electrons. The number of rotatable bonds is 5. The molecule has 0 aromatic heterocycles. The van der Waals surface area contributed by atoms with E-state index in [1.54, 1.807) is 0 Å². The second kappa shape index (κ2) is 6.19. The van der Waals surface area contributed by atoms with E-state index in [1.807, 2.05) is 25.1 Å². The molecule has 0 aliphatic heterocycles. The molecule has 0 saturated carbocycles. The van der Waals surface area contributed by atoms with Crippen molar-refractivity contribution in [3.05, 3.63) is 35.9 Å². The van der Waals surface area contributed by atoms with Crippen molar-refractivity contribution in [3.8, 4) is 0 Å². The van der Waals surface area contributed by atoms with Crippen molar-refractivity contribution in [1.29, 1.82) is 0 Å². The van der Waals surface area contributed by atoms with E-state index >= 15 is 0 Å². The average Bonchev–Trinajstić information content (AvgIpc) is 2.29. The van der Waals surface area contributed by atoms with E-state index in [4.69, 9.17) is 5.90 Å². The molecule has 1 aromatic carbocycles.